The number of anilines is 2. The van der Waals surface area contributed by atoms with Crippen LogP contribution in [0.4, 0.5) is 17.3 Å². The summed E-state index contributed by atoms with van der Waals surface area (Å²) < 4.78 is 11.8. The monoisotopic (exact) mass is 561 g/mol. The fraction of sp³-hybridized carbons (Fsp3) is 0.310. The number of benzene rings is 2. The molecule has 1 aromatic heterocycles. The Morgan fingerprint density at radius 3 is 2.49 bits per heavy atom. The van der Waals surface area contributed by atoms with Crippen LogP contribution in [0.3, 0.4) is 0 Å². The zero-order chi connectivity index (χ0) is 29.5. The van der Waals surface area contributed by atoms with E-state index in [0.29, 0.717) is 23.4 Å². The number of nitro benzene ring substituents is 1. The number of unbranched alkanes of at least 4 members (excludes halogenated alkanes) is 1. The van der Waals surface area contributed by atoms with Gasteiger partial charge in [-0.25, -0.2) is 14.6 Å². The highest BCUT2D eigenvalue weighted by Crippen LogP contribution is 2.35. The Labute approximate surface area is 236 Å². The molecule has 3 aromatic rings. The van der Waals surface area contributed by atoms with E-state index in [0.717, 1.165) is 6.42 Å². The van der Waals surface area contributed by atoms with Crippen molar-refractivity contribution in [1.29, 1.82) is 0 Å². The number of nitrogens with zero attached hydrogens (tertiary/aromatic N) is 4. The summed E-state index contributed by atoms with van der Waals surface area (Å²) in [5, 5.41) is 14.7. The van der Waals surface area contributed by atoms with Gasteiger partial charge in [-0.15, -0.1) is 0 Å². The van der Waals surface area contributed by atoms with Crippen LogP contribution in [0.25, 0.3) is 11.3 Å². The van der Waals surface area contributed by atoms with Crippen molar-refractivity contribution in [3.05, 3.63) is 81.7 Å². The third-order valence-electron chi connectivity index (χ3n) is 6.54. The predicted octanol–water partition coefficient (Wildman–Crippen LogP) is 4.95. The number of fused-ring (bicyclic) bond motifs is 1. The van der Waals surface area contributed by atoms with Gasteiger partial charge in [0.15, 0.2) is 5.69 Å². The summed E-state index contributed by atoms with van der Waals surface area (Å²) in [5.41, 5.74) is 1.38. The summed E-state index contributed by atoms with van der Waals surface area (Å²) in [7, 11) is 1.19. The van der Waals surface area contributed by atoms with Crippen LogP contribution in [0.5, 0.6) is 0 Å². The molecule has 0 fully saturated rings. The van der Waals surface area contributed by atoms with E-state index in [-0.39, 0.29) is 60.6 Å². The molecule has 0 unspecified atom stereocenters. The minimum absolute atomic E-state index is 0.0144. The summed E-state index contributed by atoms with van der Waals surface area (Å²) in [6.45, 7) is 3.99. The van der Waals surface area contributed by atoms with Crippen LogP contribution in [-0.2, 0) is 20.8 Å². The van der Waals surface area contributed by atoms with Crippen molar-refractivity contribution in [1.82, 2.24) is 9.55 Å². The highest BCUT2D eigenvalue weighted by Gasteiger charge is 2.34. The van der Waals surface area contributed by atoms with E-state index < -0.39 is 16.9 Å². The fourth-order valence-electron chi connectivity index (χ4n) is 4.60. The molecule has 0 aliphatic carbocycles. The first-order chi connectivity index (χ1) is 19.8. The summed E-state index contributed by atoms with van der Waals surface area (Å²) in [5.74, 6) is -1.32. The lowest BCUT2D eigenvalue weighted by Gasteiger charge is -2.30. The lowest BCUT2D eigenvalue weighted by Crippen LogP contribution is -2.38. The third kappa shape index (κ3) is 5.96. The van der Waals surface area contributed by atoms with Crippen molar-refractivity contribution < 1.29 is 28.8 Å². The second-order valence-electron chi connectivity index (χ2n) is 9.14. The van der Waals surface area contributed by atoms with Crippen LogP contribution in [-0.4, -0.2) is 52.6 Å². The van der Waals surface area contributed by atoms with Crippen molar-refractivity contribution in [2.24, 2.45) is 0 Å². The maximum absolute atomic E-state index is 13.6. The molecular weight excluding hydrogens is 530 g/mol. The van der Waals surface area contributed by atoms with Crippen molar-refractivity contribution in [2.45, 2.75) is 39.7 Å². The van der Waals surface area contributed by atoms with E-state index in [4.69, 9.17) is 14.5 Å². The number of carbonyl (C=O) groups is 3. The number of ether oxygens (including phenoxy) is 2. The third-order valence-corrected chi connectivity index (χ3v) is 6.54. The average molecular weight is 562 g/mol. The highest BCUT2D eigenvalue weighted by atomic mass is 16.6. The Balaban J connectivity index is 1.79. The van der Waals surface area contributed by atoms with Crippen molar-refractivity contribution in [3.63, 3.8) is 0 Å². The first kappa shape index (κ1) is 29.0. The quantitative estimate of drug-likeness (QED) is 0.195. The topological polar surface area (TPSA) is 146 Å². The van der Waals surface area contributed by atoms with E-state index in [1.165, 1.54) is 30.2 Å². The van der Waals surface area contributed by atoms with Crippen LogP contribution in [0.1, 0.15) is 54.0 Å². The van der Waals surface area contributed by atoms with Gasteiger partial charge in [-0.05, 0) is 25.5 Å². The lowest BCUT2D eigenvalue weighted by atomic mass is 10.1. The van der Waals surface area contributed by atoms with E-state index >= 15 is 0 Å². The number of esters is 2. The number of methoxy groups -OCH3 is 1. The number of para-hydroxylation sites is 1. The largest absolute Gasteiger partial charge is 0.465 e. The Kier molecular flexibility index (Phi) is 9.12. The van der Waals surface area contributed by atoms with Crippen molar-refractivity contribution in [3.8, 4) is 11.3 Å². The second-order valence-corrected chi connectivity index (χ2v) is 9.14. The first-order valence-electron chi connectivity index (χ1n) is 13.3. The SMILES string of the molecule is CCCCC(=O)N1C(CNc2c(C(=O)OC)cccc2[N+](=O)[O-])=CCn2c1nc(-c1ccccc1)c2C(=O)OCC. The molecule has 0 saturated heterocycles. The van der Waals surface area contributed by atoms with Crippen LogP contribution >= 0.6 is 0 Å². The molecule has 4 rings (SSSR count). The molecule has 0 radical (unpaired) electrons. The van der Waals surface area contributed by atoms with E-state index in [2.05, 4.69) is 5.32 Å². The molecule has 12 heteroatoms. The van der Waals surface area contributed by atoms with Crippen LogP contribution in [0, 0.1) is 10.1 Å². The number of amides is 1. The lowest BCUT2D eigenvalue weighted by molar-refractivity contribution is -0.384. The van der Waals surface area contributed by atoms with E-state index in [1.54, 1.807) is 17.6 Å². The molecule has 1 aliphatic rings. The standard InChI is InChI=1S/C29H31N5O7/c1-4-6-15-23(35)33-20(18-30-25-21(27(36)40-3)13-10-14-22(25)34(38)39)16-17-32-26(28(37)41-5-2)24(31-29(32)33)19-11-8-7-9-12-19/h7-14,16,30H,4-6,15,17-18H2,1-3H3. The molecule has 1 aliphatic heterocycles. The smallest absolute Gasteiger partial charge is 0.357 e. The number of carbonyl (C=O) groups excluding carboxylic acids is 3. The molecule has 12 nitrogen and oxygen atoms in total. The zero-order valence-electron chi connectivity index (χ0n) is 23.1. The molecule has 41 heavy (non-hydrogen) atoms. The Bertz CT molecular complexity index is 1500. The second kappa shape index (κ2) is 12.9. The fourth-order valence-corrected chi connectivity index (χ4v) is 4.60. The highest BCUT2D eigenvalue weighted by molar-refractivity contribution is 6.01. The summed E-state index contributed by atoms with van der Waals surface area (Å²) >= 11 is 0. The number of imidazole rings is 1. The number of rotatable bonds is 11. The first-order valence-corrected chi connectivity index (χ1v) is 13.3. The molecule has 0 atom stereocenters. The molecule has 0 spiro atoms. The molecule has 0 bridgehead atoms. The maximum Gasteiger partial charge on any atom is 0.357 e. The van der Waals surface area contributed by atoms with E-state index in [1.807, 2.05) is 37.3 Å². The molecule has 214 valence electrons. The number of hydrogen-bond donors (Lipinski definition) is 1. The molecule has 2 aromatic carbocycles. The van der Waals surface area contributed by atoms with Gasteiger partial charge < -0.3 is 14.8 Å². The molecule has 0 saturated carbocycles. The summed E-state index contributed by atoms with van der Waals surface area (Å²) in [4.78, 5) is 56.4. The number of allylic oxidation sites excluding steroid dienone is 1. The Morgan fingerprint density at radius 2 is 1.83 bits per heavy atom. The van der Waals surface area contributed by atoms with Gasteiger partial charge in [-0.3, -0.25) is 24.4 Å². The van der Waals surface area contributed by atoms with E-state index in [9.17, 15) is 24.5 Å². The predicted molar refractivity (Wildman–Crippen MR) is 152 cm³/mol. The number of nitro groups is 1. The van der Waals surface area contributed by atoms with Crippen molar-refractivity contribution >= 4 is 35.2 Å². The van der Waals surface area contributed by atoms with Gasteiger partial charge in [0.1, 0.15) is 11.4 Å². The summed E-state index contributed by atoms with van der Waals surface area (Å²) in [6, 6.07) is 13.2. The van der Waals surface area contributed by atoms with Gasteiger partial charge in [0.25, 0.3) is 5.69 Å². The van der Waals surface area contributed by atoms with Gasteiger partial charge in [0.2, 0.25) is 11.9 Å². The number of nitrogens with one attached hydrogen (secondary N) is 1. The normalized spacial score (nSPS) is 12.3. The minimum atomic E-state index is -0.744. The number of aromatic nitrogens is 2. The average Bonchev–Trinajstić information content (AvgIpc) is 3.38. The van der Waals surface area contributed by atoms with Crippen molar-refractivity contribution in [2.75, 3.05) is 30.5 Å². The molecular formula is C29H31N5O7. The Morgan fingerprint density at radius 1 is 1.07 bits per heavy atom. The van der Waals surface area contributed by atoms with Gasteiger partial charge in [0.05, 0.1) is 30.7 Å². The van der Waals surface area contributed by atoms with Gasteiger partial charge in [-0.1, -0.05) is 49.7 Å². The zero-order valence-corrected chi connectivity index (χ0v) is 23.1. The van der Waals surface area contributed by atoms with Crippen LogP contribution in [0.15, 0.2) is 60.3 Å². The minimum Gasteiger partial charge on any atom is -0.465 e. The molecule has 1 amide bonds. The molecule has 1 N–H and O–H groups in total. The van der Waals surface area contributed by atoms with Gasteiger partial charge in [-0.2, -0.15) is 0 Å². The van der Waals surface area contributed by atoms with Gasteiger partial charge in [0, 0.05) is 30.3 Å². The van der Waals surface area contributed by atoms with Gasteiger partial charge >= 0.3 is 11.9 Å². The molecule has 2 heterocycles. The number of hydrogen-bond acceptors (Lipinski definition) is 9. The summed E-state index contributed by atoms with van der Waals surface area (Å²) in [6.07, 6.45) is 3.38. The van der Waals surface area contributed by atoms with Crippen LogP contribution in [0.2, 0.25) is 0 Å². The van der Waals surface area contributed by atoms with Crippen LogP contribution < -0.4 is 10.2 Å². The maximum atomic E-state index is 13.6. The Hall–Kier alpha value is -5.00.